The van der Waals surface area contributed by atoms with E-state index in [1.54, 1.807) is 18.2 Å². The number of hydrogen-bond acceptors (Lipinski definition) is 2. The molecule has 0 aliphatic heterocycles. The van der Waals surface area contributed by atoms with Gasteiger partial charge >= 0.3 is 0 Å². The van der Waals surface area contributed by atoms with E-state index < -0.39 is 6.04 Å². The van der Waals surface area contributed by atoms with Crippen molar-refractivity contribution in [3.05, 3.63) is 67.9 Å². The Morgan fingerprint density at radius 1 is 1.16 bits per heavy atom. The van der Waals surface area contributed by atoms with Gasteiger partial charge in [0.2, 0.25) is 0 Å². The average molecular weight is 388 g/mol. The van der Waals surface area contributed by atoms with Gasteiger partial charge < -0.3 is 0 Å². The van der Waals surface area contributed by atoms with E-state index in [1.807, 2.05) is 25.1 Å². The van der Waals surface area contributed by atoms with Crippen LogP contribution in [0.5, 0.6) is 0 Å². The van der Waals surface area contributed by atoms with Crippen molar-refractivity contribution in [1.82, 2.24) is 5.43 Å². The van der Waals surface area contributed by atoms with Crippen LogP contribution in [0.1, 0.15) is 22.7 Å². The van der Waals surface area contributed by atoms with E-state index in [0.717, 1.165) is 15.6 Å². The van der Waals surface area contributed by atoms with Crippen molar-refractivity contribution in [3.63, 3.8) is 0 Å². The number of hydrazine groups is 1. The molecular formula is C14H13Br2FN2. The second-order valence-corrected chi connectivity index (χ2v) is 5.96. The van der Waals surface area contributed by atoms with Gasteiger partial charge in [-0.05, 0) is 46.1 Å². The van der Waals surface area contributed by atoms with Crippen molar-refractivity contribution >= 4 is 31.9 Å². The molecule has 100 valence electrons. The number of aryl methyl sites for hydroxylation is 1. The summed E-state index contributed by atoms with van der Waals surface area (Å²) < 4.78 is 15.6. The van der Waals surface area contributed by atoms with Crippen LogP contribution in [0.2, 0.25) is 0 Å². The summed E-state index contributed by atoms with van der Waals surface area (Å²) in [4.78, 5) is 0. The van der Waals surface area contributed by atoms with Gasteiger partial charge in [0, 0.05) is 10.0 Å². The van der Waals surface area contributed by atoms with Gasteiger partial charge in [-0.2, -0.15) is 0 Å². The highest BCUT2D eigenvalue weighted by Crippen LogP contribution is 2.30. The molecule has 0 saturated carbocycles. The first-order valence-corrected chi connectivity index (χ1v) is 7.29. The maximum atomic E-state index is 14.2. The molecular weight excluding hydrogens is 375 g/mol. The Hall–Kier alpha value is -0.750. The van der Waals surface area contributed by atoms with Crippen molar-refractivity contribution in [2.75, 3.05) is 0 Å². The van der Waals surface area contributed by atoms with Gasteiger partial charge in [-0.3, -0.25) is 5.84 Å². The molecule has 0 heterocycles. The summed E-state index contributed by atoms with van der Waals surface area (Å²) >= 11 is 6.67. The third-order valence-electron chi connectivity index (χ3n) is 2.99. The van der Waals surface area contributed by atoms with E-state index in [9.17, 15) is 4.39 Å². The minimum Gasteiger partial charge on any atom is -0.271 e. The summed E-state index contributed by atoms with van der Waals surface area (Å²) in [5.74, 6) is 5.29. The van der Waals surface area contributed by atoms with Gasteiger partial charge in [0.15, 0.2) is 0 Å². The number of hydrogen-bond donors (Lipinski definition) is 2. The third kappa shape index (κ3) is 3.05. The zero-order valence-corrected chi connectivity index (χ0v) is 13.4. The first-order chi connectivity index (χ1) is 9.04. The van der Waals surface area contributed by atoms with E-state index >= 15 is 0 Å². The van der Waals surface area contributed by atoms with Gasteiger partial charge in [-0.15, -0.1) is 0 Å². The van der Waals surface area contributed by atoms with Crippen LogP contribution >= 0.6 is 31.9 Å². The molecule has 0 radical (unpaired) electrons. The number of nitrogens with two attached hydrogens (primary N) is 1. The number of nitrogens with one attached hydrogen (secondary N) is 1. The van der Waals surface area contributed by atoms with Gasteiger partial charge in [0.05, 0.1) is 10.5 Å². The van der Waals surface area contributed by atoms with E-state index in [-0.39, 0.29) is 5.82 Å². The van der Waals surface area contributed by atoms with Crippen molar-refractivity contribution in [1.29, 1.82) is 0 Å². The van der Waals surface area contributed by atoms with Crippen molar-refractivity contribution in [3.8, 4) is 0 Å². The Balaban J connectivity index is 2.50. The van der Waals surface area contributed by atoms with Crippen LogP contribution in [0.15, 0.2) is 45.3 Å². The fourth-order valence-corrected chi connectivity index (χ4v) is 2.68. The molecule has 0 bridgehead atoms. The van der Waals surface area contributed by atoms with E-state index in [0.29, 0.717) is 10.0 Å². The maximum Gasteiger partial charge on any atom is 0.142 e. The van der Waals surface area contributed by atoms with Crippen molar-refractivity contribution in [2.24, 2.45) is 5.84 Å². The molecule has 0 aliphatic carbocycles. The zero-order valence-electron chi connectivity index (χ0n) is 10.3. The third-order valence-corrected chi connectivity index (χ3v) is 4.46. The standard InChI is InChI=1S/C14H13Br2FN2/c1-8-5-6-9(7-12(8)16)14(19-18)10-3-2-4-11(15)13(10)17/h2-7,14,19H,18H2,1H3. The summed E-state index contributed by atoms with van der Waals surface area (Å²) in [5.41, 5.74) is 5.19. The van der Waals surface area contributed by atoms with Gasteiger partial charge in [-0.25, -0.2) is 9.82 Å². The molecule has 1 atom stereocenters. The van der Waals surface area contributed by atoms with Crippen LogP contribution in [0.3, 0.4) is 0 Å². The molecule has 0 aliphatic rings. The van der Waals surface area contributed by atoms with Gasteiger partial charge in [-0.1, -0.05) is 40.2 Å². The second kappa shape index (κ2) is 6.13. The van der Waals surface area contributed by atoms with Gasteiger partial charge in [0.1, 0.15) is 5.82 Å². The number of rotatable bonds is 3. The topological polar surface area (TPSA) is 38.0 Å². The number of halogens is 3. The minimum atomic E-state index is -0.394. The molecule has 2 aromatic carbocycles. The monoisotopic (exact) mass is 386 g/mol. The molecule has 0 saturated heterocycles. The zero-order chi connectivity index (χ0) is 14.0. The lowest BCUT2D eigenvalue weighted by Gasteiger charge is -2.19. The van der Waals surface area contributed by atoms with Crippen LogP contribution in [0.4, 0.5) is 4.39 Å². The lowest BCUT2D eigenvalue weighted by molar-refractivity contribution is 0.556. The maximum absolute atomic E-state index is 14.2. The second-order valence-electron chi connectivity index (χ2n) is 4.25. The highest BCUT2D eigenvalue weighted by Gasteiger charge is 2.18. The molecule has 2 rings (SSSR count). The molecule has 1 unspecified atom stereocenters. The average Bonchev–Trinajstić information content (AvgIpc) is 2.39. The Labute approximate surface area is 128 Å². The first-order valence-electron chi connectivity index (χ1n) is 5.70. The summed E-state index contributed by atoms with van der Waals surface area (Å²) in [6, 6.07) is 10.6. The van der Waals surface area contributed by atoms with E-state index in [4.69, 9.17) is 5.84 Å². The lowest BCUT2D eigenvalue weighted by Crippen LogP contribution is -2.29. The first kappa shape index (κ1) is 14.7. The highest BCUT2D eigenvalue weighted by atomic mass is 79.9. The Kier molecular flexibility index (Phi) is 4.73. The lowest BCUT2D eigenvalue weighted by atomic mass is 9.98. The van der Waals surface area contributed by atoms with Crippen LogP contribution in [-0.2, 0) is 0 Å². The quantitative estimate of drug-likeness (QED) is 0.611. The predicted octanol–water partition coefficient (Wildman–Crippen LogP) is 4.21. The molecule has 2 aromatic rings. The molecule has 0 aromatic heterocycles. The predicted molar refractivity (Wildman–Crippen MR) is 82.1 cm³/mol. The minimum absolute atomic E-state index is 0.304. The molecule has 5 heteroatoms. The van der Waals surface area contributed by atoms with Gasteiger partial charge in [0.25, 0.3) is 0 Å². The Morgan fingerprint density at radius 2 is 1.89 bits per heavy atom. The normalized spacial score (nSPS) is 12.5. The molecule has 0 amide bonds. The fourth-order valence-electron chi connectivity index (χ4n) is 1.90. The van der Waals surface area contributed by atoms with Crippen LogP contribution in [0, 0.1) is 12.7 Å². The van der Waals surface area contributed by atoms with Crippen molar-refractivity contribution in [2.45, 2.75) is 13.0 Å². The van der Waals surface area contributed by atoms with Crippen LogP contribution < -0.4 is 11.3 Å². The SMILES string of the molecule is Cc1ccc(C(NN)c2cccc(Br)c2F)cc1Br. The number of benzene rings is 2. The summed E-state index contributed by atoms with van der Waals surface area (Å²) in [6.45, 7) is 2.00. The summed E-state index contributed by atoms with van der Waals surface area (Å²) in [5, 5.41) is 0. The molecule has 0 fully saturated rings. The van der Waals surface area contributed by atoms with Crippen LogP contribution in [0.25, 0.3) is 0 Å². The van der Waals surface area contributed by atoms with E-state index in [2.05, 4.69) is 37.3 Å². The highest BCUT2D eigenvalue weighted by molar-refractivity contribution is 9.10. The Bertz CT molecular complexity index is 602. The largest absolute Gasteiger partial charge is 0.271 e. The molecule has 0 spiro atoms. The van der Waals surface area contributed by atoms with E-state index in [1.165, 1.54) is 0 Å². The smallest absolute Gasteiger partial charge is 0.142 e. The Morgan fingerprint density at radius 3 is 2.53 bits per heavy atom. The molecule has 2 nitrogen and oxygen atoms in total. The summed E-state index contributed by atoms with van der Waals surface area (Å²) in [6.07, 6.45) is 0. The molecule has 3 N–H and O–H groups in total. The molecule has 19 heavy (non-hydrogen) atoms. The fraction of sp³-hybridized carbons (Fsp3) is 0.143. The summed E-state index contributed by atoms with van der Waals surface area (Å²) in [7, 11) is 0. The van der Waals surface area contributed by atoms with Crippen molar-refractivity contribution < 1.29 is 4.39 Å². The van der Waals surface area contributed by atoms with Crippen LogP contribution in [-0.4, -0.2) is 0 Å².